The molecule has 0 aromatic heterocycles. The Morgan fingerprint density at radius 3 is 2.43 bits per heavy atom. The number of hydrogen-bond acceptors (Lipinski definition) is 5. The van der Waals surface area contributed by atoms with Crippen LogP contribution in [0.15, 0.2) is 47.4 Å². The summed E-state index contributed by atoms with van der Waals surface area (Å²) in [6.07, 6.45) is 2.57. The van der Waals surface area contributed by atoms with Crippen molar-refractivity contribution in [3.05, 3.63) is 63.7 Å². The highest BCUT2D eigenvalue weighted by atomic mass is 32.2. The lowest BCUT2D eigenvalue weighted by Crippen LogP contribution is -2.36. The van der Waals surface area contributed by atoms with E-state index in [1.807, 2.05) is 0 Å². The predicted molar refractivity (Wildman–Crippen MR) is 105 cm³/mol. The minimum absolute atomic E-state index is 0.0129. The van der Waals surface area contributed by atoms with Gasteiger partial charge in [-0.3, -0.25) is 14.9 Å². The van der Waals surface area contributed by atoms with E-state index in [4.69, 9.17) is 0 Å². The van der Waals surface area contributed by atoms with Crippen LogP contribution in [0.1, 0.15) is 35.2 Å². The van der Waals surface area contributed by atoms with Crippen LogP contribution in [0.25, 0.3) is 0 Å². The fraction of sp³-hybridized carbons (Fsp3) is 0.316. The molecule has 2 aromatic rings. The smallest absolute Gasteiger partial charge is 0.274 e. The molecule has 1 saturated heterocycles. The molecule has 3 rings (SSSR count). The van der Waals surface area contributed by atoms with Gasteiger partial charge >= 0.3 is 0 Å². The van der Waals surface area contributed by atoms with Crippen molar-refractivity contribution in [3.63, 3.8) is 0 Å². The summed E-state index contributed by atoms with van der Waals surface area (Å²) in [5.74, 6) is -0.625. The van der Waals surface area contributed by atoms with Crippen LogP contribution in [0.4, 0.5) is 11.4 Å². The summed E-state index contributed by atoms with van der Waals surface area (Å²) >= 11 is 0. The van der Waals surface area contributed by atoms with Crippen molar-refractivity contribution in [2.24, 2.45) is 0 Å². The fourth-order valence-electron chi connectivity index (χ4n) is 3.27. The maximum absolute atomic E-state index is 13.0. The molecule has 0 atom stereocenters. The molecule has 148 valence electrons. The normalized spacial score (nSPS) is 15.2. The molecule has 0 spiro atoms. The monoisotopic (exact) mass is 403 g/mol. The van der Waals surface area contributed by atoms with E-state index >= 15 is 0 Å². The van der Waals surface area contributed by atoms with Crippen molar-refractivity contribution in [2.75, 3.05) is 18.4 Å². The average Bonchev–Trinajstić information content (AvgIpc) is 2.70. The molecule has 1 heterocycles. The SMILES string of the molecule is Cc1c(NC(=O)c2ccccc2S(=O)(=O)N2CCCCC2)cccc1[N+](=O)[O-]. The largest absolute Gasteiger partial charge is 0.321 e. The molecular formula is C19H21N3O5S. The van der Waals surface area contributed by atoms with Crippen LogP contribution in [0.5, 0.6) is 0 Å². The van der Waals surface area contributed by atoms with E-state index in [9.17, 15) is 23.3 Å². The van der Waals surface area contributed by atoms with E-state index in [1.54, 1.807) is 18.2 Å². The van der Waals surface area contributed by atoms with Crippen molar-refractivity contribution in [2.45, 2.75) is 31.1 Å². The van der Waals surface area contributed by atoms with Crippen molar-refractivity contribution in [1.29, 1.82) is 0 Å². The van der Waals surface area contributed by atoms with Gasteiger partial charge in [0.25, 0.3) is 11.6 Å². The van der Waals surface area contributed by atoms with E-state index < -0.39 is 20.9 Å². The third-order valence-electron chi connectivity index (χ3n) is 4.81. The van der Waals surface area contributed by atoms with Crippen molar-refractivity contribution in [1.82, 2.24) is 4.31 Å². The number of anilines is 1. The number of rotatable bonds is 5. The first-order chi connectivity index (χ1) is 13.3. The van der Waals surface area contributed by atoms with Crippen LogP contribution in [0.3, 0.4) is 0 Å². The first kappa shape index (κ1) is 20.0. The molecule has 0 saturated carbocycles. The van der Waals surface area contributed by atoms with Gasteiger partial charge in [0.1, 0.15) is 0 Å². The second kappa shape index (κ2) is 8.07. The van der Waals surface area contributed by atoms with Gasteiger partial charge in [0, 0.05) is 19.2 Å². The highest BCUT2D eigenvalue weighted by Crippen LogP contribution is 2.27. The molecule has 1 aliphatic rings. The predicted octanol–water partition coefficient (Wildman–Crippen LogP) is 3.33. The van der Waals surface area contributed by atoms with Gasteiger partial charge in [-0.1, -0.05) is 24.6 Å². The summed E-state index contributed by atoms with van der Waals surface area (Å²) in [6.45, 7) is 2.40. The Bertz CT molecular complexity index is 1010. The first-order valence-corrected chi connectivity index (χ1v) is 10.4. The number of hydrogen-bond donors (Lipinski definition) is 1. The Morgan fingerprint density at radius 2 is 1.75 bits per heavy atom. The molecule has 1 N–H and O–H groups in total. The molecule has 28 heavy (non-hydrogen) atoms. The molecule has 0 bridgehead atoms. The quantitative estimate of drug-likeness (QED) is 0.608. The summed E-state index contributed by atoms with van der Waals surface area (Å²) in [7, 11) is -3.80. The van der Waals surface area contributed by atoms with Gasteiger partial charge in [0.05, 0.1) is 26.6 Å². The molecule has 1 aliphatic heterocycles. The number of benzene rings is 2. The summed E-state index contributed by atoms with van der Waals surface area (Å²) in [5.41, 5.74) is 0.465. The number of carbonyl (C=O) groups excluding carboxylic acids is 1. The van der Waals surface area contributed by atoms with E-state index in [2.05, 4.69) is 5.32 Å². The first-order valence-electron chi connectivity index (χ1n) is 8.97. The lowest BCUT2D eigenvalue weighted by atomic mass is 10.1. The summed E-state index contributed by atoms with van der Waals surface area (Å²) in [5, 5.41) is 13.7. The van der Waals surface area contributed by atoms with Crippen LogP contribution >= 0.6 is 0 Å². The van der Waals surface area contributed by atoms with Crippen molar-refractivity contribution in [3.8, 4) is 0 Å². The number of nitrogens with one attached hydrogen (secondary N) is 1. The van der Waals surface area contributed by atoms with Gasteiger partial charge in [0.2, 0.25) is 10.0 Å². The molecule has 0 unspecified atom stereocenters. The molecule has 0 radical (unpaired) electrons. The van der Waals surface area contributed by atoms with Gasteiger partial charge < -0.3 is 5.32 Å². The van der Waals surface area contributed by atoms with E-state index in [1.165, 1.54) is 35.5 Å². The topological polar surface area (TPSA) is 110 Å². The number of carbonyl (C=O) groups is 1. The number of piperidine rings is 1. The van der Waals surface area contributed by atoms with E-state index in [-0.39, 0.29) is 21.8 Å². The second-order valence-corrected chi connectivity index (χ2v) is 8.53. The van der Waals surface area contributed by atoms with Crippen LogP contribution in [-0.2, 0) is 10.0 Å². The zero-order valence-corrected chi connectivity index (χ0v) is 16.2. The standard InChI is InChI=1S/C19H21N3O5S/c1-14-16(9-7-10-17(14)22(24)25)20-19(23)15-8-3-4-11-18(15)28(26,27)21-12-5-2-6-13-21/h3-4,7-11H,2,5-6,12-13H2,1H3,(H,20,23). The van der Waals surface area contributed by atoms with Gasteiger partial charge in [-0.15, -0.1) is 0 Å². The highest BCUT2D eigenvalue weighted by molar-refractivity contribution is 7.89. The number of nitrogens with zero attached hydrogens (tertiary/aromatic N) is 2. The van der Waals surface area contributed by atoms with Crippen LogP contribution < -0.4 is 5.32 Å². The molecule has 9 heteroatoms. The maximum Gasteiger partial charge on any atom is 0.274 e. The Hall–Kier alpha value is -2.78. The molecule has 1 fully saturated rings. The summed E-state index contributed by atoms with van der Waals surface area (Å²) in [6, 6.07) is 10.4. The Kier molecular flexibility index (Phi) is 5.76. The Labute approximate surface area is 163 Å². The molecular weight excluding hydrogens is 382 g/mol. The van der Waals surface area contributed by atoms with Crippen molar-refractivity contribution < 1.29 is 18.1 Å². The van der Waals surface area contributed by atoms with Gasteiger partial charge in [0.15, 0.2) is 0 Å². The molecule has 1 amide bonds. The number of sulfonamides is 1. The lowest BCUT2D eigenvalue weighted by Gasteiger charge is -2.26. The number of amides is 1. The third kappa shape index (κ3) is 3.90. The zero-order valence-electron chi connectivity index (χ0n) is 15.4. The third-order valence-corrected chi connectivity index (χ3v) is 6.77. The summed E-state index contributed by atoms with van der Waals surface area (Å²) in [4.78, 5) is 23.3. The van der Waals surface area contributed by atoms with E-state index in [0.29, 0.717) is 18.7 Å². The molecule has 8 nitrogen and oxygen atoms in total. The molecule has 0 aliphatic carbocycles. The molecule has 2 aromatic carbocycles. The van der Waals surface area contributed by atoms with Crippen LogP contribution in [0, 0.1) is 17.0 Å². The van der Waals surface area contributed by atoms with Gasteiger partial charge in [-0.05, 0) is 38.0 Å². The average molecular weight is 403 g/mol. The minimum atomic E-state index is -3.80. The fourth-order valence-corrected chi connectivity index (χ4v) is 4.98. The minimum Gasteiger partial charge on any atom is -0.321 e. The van der Waals surface area contributed by atoms with Gasteiger partial charge in [-0.25, -0.2) is 8.42 Å². The maximum atomic E-state index is 13.0. The van der Waals surface area contributed by atoms with Crippen LogP contribution in [0.2, 0.25) is 0 Å². The Balaban J connectivity index is 1.94. The summed E-state index contributed by atoms with van der Waals surface area (Å²) < 4.78 is 27.5. The Morgan fingerprint density at radius 1 is 1.07 bits per heavy atom. The zero-order chi connectivity index (χ0) is 20.3. The van der Waals surface area contributed by atoms with Crippen LogP contribution in [-0.4, -0.2) is 36.6 Å². The van der Waals surface area contributed by atoms with Crippen molar-refractivity contribution >= 4 is 27.3 Å². The lowest BCUT2D eigenvalue weighted by molar-refractivity contribution is -0.385. The highest BCUT2D eigenvalue weighted by Gasteiger charge is 2.30. The second-order valence-electron chi connectivity index (χ2n) is 6.62. The number of nitro groups is 1. The number of nitro benzene ring substituents is 1. The van der Waals surface area contributed by atoms with E-state index in [0.717, 1.165) is 19.3 Å². The van der Waals surface area contributed by atoms with Gasteiger partial charge in [-0.2, -0.15) is 4.31 Å².